The molecule has 0 bridgehead atoms. The van der Waals surface area contributed by atoms with E-state index in [0.717, 1.165) is 56.1 Å². The SMILES string of the molecule is C=CCC[C@H](c1ccc(OCc2ccccc2)c(OC)c1)N1CCNCC1. The smallest absolute Gasteiger partial charge is 0.161 e. The van der Waals surface area contributed by atoms with Crippen LogP contribution in [0.2, 0.25) is 0 Å². The minimum atomic E-state index is 0.377. The van der Waals surface area contributed by atoms with Gasteiger partial charge in [0.15, 0.2) is 11.5 Å². The Labute approximate surface area is 162 Å². The largest absolute Gasteiger partial charge is 0.493 e. The Morgan fingerprint density at radius 2 is 1.89 bits per heavy atom. The van der Waals surface area contributed by atoms with Gasteiger partial charge in [0.05, 0.1) is 7.11 Å². The zero-order chi connectivity index (χ0) is 18.9. The van der Waals surface area contributed by atoms with Gasteiger partial charge < -0.3 is 14.8 Å². The van der Waals surface area contributed by atoms with Crippen LogP contribution in [0.4, 0.5) is 0 Å². The predicted octanol–water partition coefficient (Wildman–Crippen LogP) is 4.19. The molecule has 4 nitrogen and oxygen atoms in total. The topological polar surface area (TPSA) is 33.7 Å². The number of piperazine rings is 1. The van der Waals surface area contributed by atoms with Gasteiger partial charge in [0, 0.05) is 32.2 Å². The van der Waals surface area contributed by atoms with E-state index in [-0.39, 0.29) is 0 Å². The van der Waals surface area contributed by atoms with Crippen molar-refractivity contribution in [2.24, 2.45) is 0 Å². The van der Waals surface area contributed by atoms with Gasteiger partial charge in [0.1, 0.15) is 6.61 Å². The number of allylic oxidation sites excluding steroid dienone is 1. The third-order valence-electron chi connectivity index (χ3n) is 5.05. The average molecular weight is 367 g/mol. The Morgan fingerprint density at radius 1 is 1.11 bits per heavy atom. The van der Waals surface area contributed by atoms with Crippen LogP contribution in [0, 0.1) is 0 Å². The monoisotopic (exact) mass is 366 g/mol. The van der Waals surface area contributed by atoms with Crippen LogP contribution in [0.5, 0.6) is 11.5 Å². The van der Waals surface area contributed by atoms with Crippen molar-refractivity contribution in [3.8, 4) is 11.5 Å². The lowest BCUT2D eigenvalue weighted by atomic mass is 9.99. The number of nitrogens with one attached hydrogen (secondary N) is 1. The Bertz CT molecular complexity index is 712. The highest BCUT2D eigenvalue weighted by molar-refractivity contribution is 5.44. The number of hydrogen-bond donors (Lipinski definition) is 1. The van der Waals surface area contributed by atoms with E-state index >= 15 is 0 Å². The first-order valence-corrected chi connectivity index (χ1v) is 9.72. The lowest BCUT2D eigenvalue weighted by molar-refractivity contribution is 0.165. The second-order valence-corrected chi connectivity index (χ2v) is 6.85. The van der Waals surface area contributed by atoms with Gasteiger partial charge >= 0.3 is 0 Å². The maximum absolute atomic E-state index is 6.01. The fourth-order valence-electron chi connectivity index (χ4n) is 3.58. The summed E-state index contributed by atoms with van der Waals surface area (Å²) in [5, 5.41) is 3.43. The van der Waals surface area contributed by atoms with Crippen molar-refractivity contribution in [1.29, 1.82) is 0 Å². The summed E-state index contributed by atoms with van der Waals surface area (Å²) < 4.78 is 11.7. The first-order chi connectivity index (χ1) is 13.3. The van der Waals surface area contributed by atoms with Crippen molar-refractivity contribution in [3.05, 3.63) is 72.3 Å². The number of ether oxygens (including phenoxy) is 2. The molecule has 1 fully saturated rings. The third-order valence-corrected chi connectivity index (χ3v) is 5.05. The van der Waals surface area contributed by atoms with E-state index in [1.807, 2.05) is 30.3 Å². The van der Waals surface area contributed by atoms with E-state index in [1.54, 1.807) is 7.11 Å². The summed E-state index contributed by atoms with van der Waals surface area (Å²) in [6.45, 7) is 8.65. The van der Waals surface area contributed by atoms with E-state index in [9.17, 15) is 0 Å². The van der Waals surface area contributed by atoms with Crippen LogP contribution in [0.15, 0.2) is 61.2 Å². The molecule has 0 aliphatic carbocycles. The van der Waals surface area contributed by atoms with Crippen LogP contribution in [-0.4, -0.2) is 38.2 Å². The van der Waals surface area contributed by atoms with Crippen molar-refractivity contribution in [2.45, 2.75) is 25.5 Å². The zero-order valence-corrected chi connectivity index (χ0v) is 16.2. The number of nitrogens with zero attached hydrogens (tertiary/aromatic N) is 1. The van der Waals surface area contributed by atoms with Crippen molar-refractivity contribution in [3.63, 3.8) is 0 Å². The molecule has 4 heteroatoms. The molecule has 3 rings (SSSR count). The van der Waals surface area contributed by atoms with Crippen molar-refractivity contribution < 1.29 is 9.47 Å². The lowest BCUT2D eigenvalue weighted by Crippen LogP contribution is -2.45. The highest BCUT2D eigenvalue weighted by atomic mass is 16.5. The Morgan fingerprint density at radius 3 is 2.59 bits per heavy atom. The van der Waals surface area contributed by atoms with Crippen LogP contribution in [-0.2, 0) is 6.61 Å². The standard InChI is InChI=1S/C23H30N2O2/c1-3-4-10-21(25-15-13-24-14-16-25)20-11-12-22(23(17-20)26-2)27-18-19-8-6-5-7-9-19/h3,5-9,11-12,17,21,24H,1,4,10,13-16,18H2,2H3/t21-/m1/s1. The summed E-state index contributed by atoms with van der Waals surface area (Å²) in [4.78, 5) is 2.55. The van der Waals surface area contributed by atoms with E-state index in [2.05, 4.69) is 41.1 Å². The van der Waals surface area contributed by atoms with Crippen molar-refractivity contribution in [2.75, 3.05) is 33.3 Å². The number of benzene rings is 2. The van der Waals surface area contributed by atoms with E-state index in [1.165, 1.54) is 5.56 Å². The van der Waals surface area contributed by atoms with E-state index in [4.69, 9.17) is 9.47 Å². The minimum Gasteiger partial charge on any atom is -0.493 e. The molecular formula is C23H30N2O2. The minimum absolute atomic E-state index is 0.377. The highest BCUT2D eigenvalue weighted by Gasteiger charge is 2.22. The molecule has 27 heavy (non-hydrogen) atoms. The Hall–Kier alpha value is -2.30. The van der Waals surface area contributed by atoms with Gasteiger partial charge in [-0.25, -0.2) is 0 Å². The Kier molecular flexibility index (Phi) is 7.31. The second-order valence-electron chi connectivity index (χ2n) is 6.85. The molecule has 0 saturated carbocycles. The van der Waals surface area contributed by atoms with Gasteiger partial charge in [-0.1, -0.05) is 42.5 Å². The normalized spacial score (nSPS) is 15.9. The summed E-state index contributed by atoms with van der Waals surface area (Å²) in [6, 6.07) is 16.9. The molecule has 0 aromatic heterocycles. The third kappa shape index (κ3) is 5.34. The summed E-state index contributed by atoms with van der Waals surface area (Å²) in [6.07, 6.45) is 4.07. The quantitative estimate of drug-likeness (QED) is 0.675. The molecule has 1 aliphatic heterocycles. The van der Waals surface area contributed by atoms with Crippen LogP contribution >= 0.6 is 0 Å². The summed E-state index contributed by atoms with van der Waals surface area (Å²) in [5.74, 6) is 1.58. The molecule has 2 aromatic carbocycles. The van der Waals surface area contributed by atoms with Gasteiger partial charge in [-0.05, 0) is 36.1 Å². The van der Waals surface area contributed by atoms with Gasteiger partial charge in [-0.3, -0.25) is 4.90 Å². The van der Waals surface area contributed by atoms with E-state index < -0.39 is 0 Å². The highest BCUT2D eigenvalue weighted by Crippen LogP contribution is 2.34. The fraction of sp³-hybridized carbons (Fsp3) is 0.391. The van der Waals surface area contributed by atoms with Crippen LogP contribution < -0.4 is 14.8 Å². The molecule has 1 N–H and O–H groups in total. The molecular weight excluding hydrogens is 336 g/mol. The maximum atomic E-state index is 6.01. The molecule has 0 unspecified atom stereocenters. The maximum Gasteiger partial charge on any atom is 0.161 e. The number of hydrogen-bond acceptors (Lipinski definition) is 4. The summed E-state index contributed by atoms with van der Waals surface area (Å²) in [5.41, 5.74) is 2.43. The fourth-order valence-corrected chi connectivity index (χ4v) is 3.58. The molecule has 0 spiro atoms. The molecule has 1 heterocycles. The van der Waals surface area contributed by atoms with Crippen LogP contribution in [0.25, 0.3) is 0 Å². The lowest BCUT2D eigenvalue weighted by Gasteiger charge is -2.35. The molecule has 144 valence electrons. The summed E-state index contributed by atoms with van der Waals surface area (Å²) >= 11 is 0. The first kappa shape index (κ1) is 19.5. The summed E-state index contributed by atoms with van der Waals surface area (Å²) in [7, 11) is 1.71. The van der Waals surface area contributed by atoms with Crippen LogP contribution in [0.3, 0.4) is 0 Å². The zero-order valence-electron chi connectivity index (χ0n) is 16.2. The molecule has 0 radical (unpaired) electrons. The van der Waals surface area contributed by atoms with Gasteiger partial charge in [-0.2, -0.15) is 0 Å². The van der Waals surface area contributed by atoms with E-state index in [0.29, 0.717) is 12.6 Å². The molecule has 1 atom stereocenters. The Balaban J connectivity index is 1.76. The van der Waals surface area contributed by atoms with Gasteiger partial charge in [-0.15, -0.1) is 6.58 Å². The van der Waals surface area contributed by atoms with Gasteiger partial charge in [0.2, 0.25) is 0 Å². The number of methoxy groups -OCH3 is 1. The van der Waals surface area contributed by atoms with Crippen LogP contribution in [0.1, 0.15) is 30.0 Å². The number of rotatable bonds is 9. The van der Waals surface area contributed by atoms with Crippen molar-refractivity contribution in [1.82, 2.24) is 10.2 Å². The van der Waals surface area contributed by atoms with Gasteiger partial charge in [0.25, 0.3) is 0 Å². The first-order valence-electron chi connectivity index (χ1n) is 9.72. The van der Waals surface area contributed by atoms with Crippen molar-refractivity contribution >= 4 is 0 Å². The average Bonchev–Trinajstić information content (AvgIpc) is 2.74. The predicted molar refractivity (Wildman–Crippen MR) is 110 cm³/mol. The molecule has 1 saturated heterocycles. The molecule has 0 amide bonds. The second kappa shape index (κ2) is 10.1. The molecule has 2 aromatic rings. The molecule has 1 aliphatic rings.